The summed E-state index contributed by atoms with van der Waals surface area (Å²) in [5.41, 5.74) is 1.36. The molecule has 0 aromatic heterocycles. The molecule has 98 valence electrons. The summed E-state index contributed by atoms with van der Waals surface area (Å²) in [6.45, 7) is 0.124. The van der Waals surface area contributed by atoms with Gasteiger partial charge in [0.05, 0.1) is 6.54 Å². The van der Waals surface area contributed by atoms with Gasteiger partial charge in [0.15, 0.2) is 0 Å². The second-order valence-electron chi connectivity index (χ2n) is 3.92. The fourth-order valence-corrected chi connectivity index (χ4v) is 1.61. The number of amides is 1. The minimum atomic E-state index is -0.336. The molecule has 0 aliphatic rings. The van der Waals surface area contributed by atoms with E-state index in [0.717, 1.165) is 5.69 Å². The Morgan fingerprint density at radius 1 is 1.00 bits per heavy atom. The molecule has 19 heavy (non-hydrogen) atoms. The Labute approximate surface area is 115 Å². The lowest BCUT2D eigenvalue weighted by molar-refractivity contribution is -0.114. The van der Waals surface area contributed by atoms with Gasteiger partial charge in [-0.3, -0.25) is 4.79 Å². The second kappa shape index (κ2) is 6.20. The first-order valence-electron chi connectivity index (χ1n) is 5.68. The molecule has 0 heterocycles. The molecule has 0 saturated carbocycles. The fraction of sp³-hybridized carbons (Fsp3) is 0.0714. The Balaban J connectivity index is 1.84. The first kappa shape index (κ1) is 13.4. The number of halogens is 2. The van der Waals surface area contributed by atoms with Gasteiger partial charge in [0, 0.05) is 16.4 Å². The number of hydrogen-bond donors (Lipinski definition) is 2. The van der Waals surface area contributed by atoms with E-state index in [1.165, 1.54) is 24.3 Å². The van der Waals surface area contributed by atoms with E-state index in [2.05, 4.69) is 10.6 Å². The molecule has 1 amide bonds. The first-order chi connectivity index (χ1) is 9.13. The number of benzene rings is 2. The minimum Gasteiger partial charge on any atom is -0.376 e. The molecule has 0 aliphatic heterocycles. The van der Waals surface area contributed by atoms with Gasteiger partial charge in [-0.2, -0.15) is 0 Å². The van der Waals surface area contributed by atoms with Crippen molar-refractivity contribution in [2.75, 3.05) is 17.2 Å². The topological polar surface area (TPSA) is 41.1 Å². The Kier molecular flexibility index (Phi) is 4.36. The molecule has 2 aromatic rings. The van der Waals surface area contributed by atoms with Crippen LogP contribution in [0.4, 0.5) is 15.8 Å². The van der Waals surface area contributed by atoms with Crippen LogP contribution in [-0.4, -0.2) is 12.5 Å². The van der Waals surface area contributed by atoms with Gasteiger partial charge in [-0.25, -0.2) is 4.39 Å². The molecule has 0 saturated heterocycles. The van der Waals surface area contributed by atoms with E-state index < -0.39 is 0 Å². The fourth-order valence-electron chi connectivity index (χ4n) is 1.49. The number of nitrogens with one attached hydrogen (secondary N) is 2. The smallest absolute Gasteiger partial charge is 0.243 e. The van der Waals surface area contributed by atoms with Crippen LogP contribution in [0.3, 0.4) is 0 Å². The van der Waals surface area contributed by atoms with E-state index in [1.54, 1.807) is 24.3 Å². The van der Waals surface area contributed by atoms with E-state index in [1.807, 2.05) is 0 Å². The van der Waals surface area contributed by atoms with Crippen molar-refractivity contribution in [3.05, 3.63) is 59.4 Å². The van der Waals surface area contributed by atoms with Crippen LogP contribution in [0, 0.1) is 5.82 Å². The predicted molar refractivity (Wildman–Crippen MR) is 75.0 cm³/mol. The molecule has 0 aliphatic carbocycles. The van der Waals surface area contributed by atoms with Gasteiger partial charge in [0.1, 0.15) is 5.82 Å². The molecule has 2 rings (SSSR count). The summed E-state index contributed by atoms with van der Waals surface area (Å²) >= 11 is 5.76. The molecule has 2 N–H and O–H groups in total. The van der Waals surface area contributed by atoms with Gasteiger partial charge in [0.25, 0.3) is 0 Å². The van der Waals surface area contributed by atoms with E-state index >= 15 is 0 Å². The van der Waals surface area contributed by atoms with Gasteiger partial charge in [-0.05, 0) is 48.5 Å². The lowest BCUT2D eigenvalue weighted by Gasteiger charge is -2.07. The van der Waals surface area contributed by atoms with Crippen LogP contribution >= 0.6 is 11.6 Å². The maximum atomic E-state index is 12.7. The molecule has 5 heteroatoms. The molecule has 0 spiro atoms. The van der Waals surface area contributed by atoms with Crippen LogP contribution in [0.5, 0.6) is 0 Å². The van der Waals surface area contributed by atoms with E-state index in [9.17, 15) is 9.18 Å². The molecule has 2 aromatic carbocycles. The third-order valence-electron chi connectivity index (χ3n) is 2.43. The molecular weight excluding hydrogens is 267 g/mol. The average Bonchev–Trinajstić information content (AvgIpc) is 2.41. The summed E-state index contributed by atoms with van der Waals surface area (Å²) in [5, 5.41) is 6.26. The normalized spacial score (nSPS) is 10.0. The zero-order valence-electron chi connectivity index (χ0n) is 9.99. The van der Waals surface area contributed by atoms with Crippen molar-refractivity contribution in [2.24, 2.45) is 0 Å². The monoisotopic (exact) mass is 278 g/mol. The highest BCUT2D eigenvalue weighted by molar-refractivity contribution is 6.30. The van der Waals surface area contributed by atoms with Gasteiger partial charge >= 0.3 is 0 Å². The lowest BCUT2D eigenvalue weighted by Crippen LogP contribution is -2.21. The lowest BCUT2D eigenvalue weighted by atomic mass is 10.3. The van der Waals surface area contributed by atoms with Crippen molar-refractivity contribution >= 4 is 28.9 Å². The van der Waals surface area contributed by atoms with E-state index in [4.69, 9.17) is 11.6 Å². The summed E-state index contributed by atoms with van der Waals surface area (Å²) in [5.74, 6) is -0.543. The third kappa shape index (κ3) is 4.26. The quantitative estimate of drug-likeness (QED) is 0.898. The maximum absolute atomic E-state index is 12.7. The zero-order valence-corrected chi connectivity index (χ0v) is 10.7. The highest BCUT2D eigenvalue weighted by atomic mass is 35.5. The number of anilines is 2. The summed E-state index contributed by atoms with van der Waals surface area (Å²) in [6, 6.07) is 12.7. The summed E-state index contributed by atoms with van der Waals surface area (Å²) in [4.78, 5) is 11.6. The van der Waals surface area contributed by atoms with Crippen molar-refractivity contribution in [3.8, 4) is 0 Å². The van der Waals surface area contributed by atoms with Crippen LogP contribution in [0.2, 0.25) is 5.02 Å². The molecule has 3 nitrogen and oxygen atoms in total. The van der Waals surface area contributed by atoms with Gasteiger partial charge in [0.2, 0.25) is 5.91 Å². The molecule has 0 bridgehead atoms. The number of carbonyl (C=O) groups is 1. The third-order valence-corrected chi connectivity index (χ3v) is 2.68. The standard InChI is InChI=1S/C14H12ClFN2O/c15-10-1-5-12(6-2-10)17-9-14(19)18-13-7-3-11(16)4-8-13/h1-8,17H,9H2,(H,18,19). The number of hydrogen-bond acceptors (Lipinski definition) is 2. The first-order valence-corrected chi connectivity index (χ1v) is 6.06. The second-order valence-corrected chi connectivity index (χ2v) is 4.35. The van der Waals surface area contributed by atoms with E-state index in [0.29, 0.717) is 10.7 Å². The van der Waals surface area contributed by atoms with Crippen molar-refractivity contribution < 1.29 is 9.18 Å². The summed E-state index contributed by atoms with van der Waals surface area (Å²) < 4.78 is 12.7. The molecule has 0 fully saturated rings. The molecule has 0 radical (unpaired) electrons. The molecule has 0 unspecified atom stereocenters. The summed E-state index contributed by atoms with van der Waals surface area (Å²) in [6.07, 6.45) is 0. The maximum Gasteiger partial charge on any atom is 0.243 e. The Morgan fingerprint density at radius 2 is 1.58 bits per heavy atom. The average molecular weight is 279 g/mol. The predicted octanol–water partition coefficient (Wildman–Crippen LogP) is 3.53. The Bertz CT molecular complexity index is 555. The van der Waals surface area contributed by atoms with Crippen LogP contribution in [0.25, 0.3) is 0 Å². The van der Waals surface area contributed by atoms with Gasteiger partial charge in [-0.15, -0.1) is 0 Å². The SMILES string of the molecule is O=C(CNc1ccc(Cl)cc1)Nc1ccc(F)cc1. The zero-order chi connectivity index (χ0) is 13.7. The largest absolute Gasteiger partial charge is 0.376 e. The van der Waals surface area contributed by atoms with E-state index in [-0.39, 0.29) is 18.3 Å². The highest BCUT2D eigenvalue weighted by Gasteiger charge is 2.02. The van der Waals surface area contributed by atoms with Crippen LogP contribution in [-0.2, 0) is 4.79 Å². The minimum absolute atomic E-state index is 0.124. The van der Waals surface area contributed by atoms with Crippen molar-refractivity contribution in [3.63, 3.8) is 0 Å². The summed E-state index contributed by atoms with van der Waals surface area (Å²) in [7, 11) is 0. The number of carbonyl (C=O) groups excluding carboxylic acids is 1. The van der Waals surface area contributed by atoms with Crippen LogP contribution in [0.1, 0.15) is 0 Å². The highest BCUT2D eigenvalue weighted by Crippen LogP contribution is 2.13. The van der Waals surface area contributed by atoms with Crippen LogP contribution < -0.4 is 10.6 Å². The van der Waals surface area contributed by atoms with Gasteiger partial charge < -0.3 is 10.6 Å². The van der Waals surface area contributed by atoms with Crippen molar-refractivity contribution in [1.29, 1.82) is 0 Å². The Morgan fingerprint density at radius 3 is 2.21 bits per heavy atom. The Hall–Kier alpha value is -2.07. The van der Waals surface area contributed by atoms with Crippen molar-refractivity contribution in [1.82, 2.24) is 0 Å². The van der Waals surface area contributed by atoms with Crippen molar-refractivity contribution in [2.45, 2.75) is 0 Å². The number of rotatable bonds is 4. The molecular formula is C14H12ClFN2O. The van der Waals surface area contributed by atoms with Crippen LogP contribution in [0.15, 0.2) is 48.5 Å². The molecule has 0 atom stereocenters. The van der Waals surface area contributed by atoms with Gasteiger partial charge in [-0.1, -0.05) is 11.6 Å².